The molecule has 16 heavy (non-hydrogen) atoms. The van der Waals surface area contributed by atoms with Crippen LogP contribution < -0.4 is 5.32 Å². The highest BCUT2D eigenvalue weighted by Crippen LogP contribution is 2.16. The molecule has 1 fully saturated rings. The van der Waals surface area contributed by atoms with Crippen LogP contribution in [0, 0.1) is 17.8 Å². The molecule has 0 spiro atoms. The van der Waals surface area contributed by atoms with Crippen LogP contribution in [0.25, 0.3) is 0 Å². The molecule has 1 heterocycles. The molecule has 0 aromatic heterocycles. The summed E-state index contributed by atoms with van der Waals surface area (Å²) in [6.07, 6.45) is 3.83. The Kier molecular flexibility index (Phi) is 6.37. The minimum absolute atomic E-state index is 0.695. The van der Waals surface area contributed by atoms with Crippen molar-refractivity contribution in [3.05, 3.63) is 0 Å². The van der Waals surface area contributed by atoms with Crippen LogP contribution in [0.3, 0.4) is 0 Å². The number of rotatable bonds is 7. The maximum Gasteiger partial charge on any atom is 0.0507 e. The summed E-state index contributed by atoms with van der Waals surface area (Å²) in [7, 11) is 0. The van der Waals surface area contributed by atoms with Gasteiger partial charge in [-0.05, 0) is 37.0 Å². The molecule has 0 bridgehead atoms. The zero-order valence-electron chi connectivity index (χ0n) is 11.5. The molecule has 1 saturated heterocycles. The van der Waals surface area contributed by atoms with E-state index in [4.69, 9.17) is 4.74 Å². The van der Waals surface area contributed by atoms with Crippen molar-refractivity contribution in [3.63, 3.8) is 0 Å². The number of hydrogen-bond donors (Lipinski definition) is 1. The van der Waals surface area contributed by atoms with E-state index in [2.05, 4.69) is 33.0 Å². The van der Waals surface area contributed by atoms with Crippen molar-refractivity contribution in [2.75, 3.05) is 19.8 Å². The summed E-state index contributed by atoms with van der Waals surface area (Å²) < 4.78 is 5.41. The second-order valence-corrected chi connectivity index (χ2v) is 6.09. The van der Waals surface area contributed by atoms with Gasteiger partial charge in [0, 0.05) is 19.2 Å². The zero-order chi connectivity index (χ0) is 12.0. The topological polar surface area (TPSA) is 21.3 Å². The van der Waals surface area contributed by atoms with E-state index < -0.39 is 0 Å². The van der Waals surface area contributed by atoms with Crippen molar-refractivity contribution < 1.29 is 4.74 Å². The Labute approximate surface area is 101 Å². The van der Waals surface area contributed by atoms with E-state index >= 15 is 0 Å². The first-order valence-corrected chi connectivity index (χ1v) is 6.89. The van der Waals surface area contributed by atoms with Crippen LogP contribution in [0.15, 0.2) is 0 Å². The summed E-state index contributed by atoms with van der Waals surface area (Å²) in [5.74, 6) is 2.33. The smallest absolute Gasteiger partial charge is 0.0507 e. The first-order chi connectivity index (χ1) is 7.58. The average molecular weight is 227 g/mol. The Balaban J connectivity index is 2.24. The van der Waals surface area contributed by atoms with Gasteiger partial charge < -0.3 is 10.1 Å². The first-order valence-electron chi connectivity index (χ1n) is 6.89. The summed E-state index contributed by atoms with van der Waals surface area (Å²) in [6.45, 7) is 12.3. The van der Waals surface area contributed by atoms with Crippen LogP contribution in [0.5, 0.6) is 0 Å². The van der Waals surface area contributed by atoms with Crippen LogP contribution in [-0.4, -0.2) is 25.8 Å². The average Bonchev–Trinajstić information content (AvgIpc) is 2.64. The number of nitrogens with one attached hydrogen (secondary N) is 1. The third kappa shape index (κ3) is 5.86. The van der Waals surface area contributed by atoms with E-state index in [0.717, 1.165) is 37.5 Å². The first kappa shape index (κ1) is 14.0. The Bertz CT molecular complexity index is 164. The molecule has 0 radical (unpaired) electrons. The fourth-order valence-corrected chi connectivity index (χ4v) is 2.48. The van der Waals surface area contributed by atoms with Gasteiger partial charge in [0.2, 0.25) is 0 Å². The van der Waals surface area contributed by atoms with Crippen LogP contribution in [0.2, 0.25) is 0 Å². The van der Waals surface area contributed by atoms with Gasteiger partial charge in [0.15, 0.2) is 0 Å². The minimum atomic E-state index is 0.695. The SMILES string of the molecule is CC(C)CC(CC(C)C)NCC1CCOC1. The predicted octanol–water partition coefficient (Wildman–Crippen LogP) is 3.07. The summed E-state index contributed by atoms with van der Waals surface area (Å²) >= 11 is 0. The van der Waals surface area contributed by atoms with E-state index in [9.17, 15) is 0 Å². The van der Waals surface area contributed by atoms with Crippen molar-refractivity contribution in [1.82, 2.24) is 5.32 Å². The second-order valence-electron chi connectivity index (χ2n) is 6.09. The molecule has 1 rings (SSSR count). The molecule has 1 atom stereocenters. The molecule has 96 valence electrons. The summed E-state index contributed by atoms with van der Waals surface area (Å²) in [5.41, 5.74) is 0. The van der Waals surface area contributed by atoms with Crippen molar-refractivity contribution in [3.8, 4) is 0 Å². The van der Waals surface area contributed by atoms with Gasteiger partial charge in [-0.3, -0.25) is 0 Å². The fraction of sp³-hybridized carbons (Fsp3) is 1.00. The molecule has 0 saturated carbocycles. The molecule has 0 aromatic rings. The minimum Gasteiger partial charge on any atom is -0.381 e. The molecule has 0 aliphatic carbocycles. The monoisotopic (exact) mass is 227 g/mol. The van der Waals surface area contributed by atoms with Crippen molar-refractivity contribution in [1.29, 1.82) is 0 Å². The van der Waals surface area contributed by atoms with Crippen LogP contribution in [0.4, 0.5) is 0 Å². The van der Waals surface area contributed by atoms with Gasteiger partial charge in [-0.15, -0.1) is 0 Å². The normalized spacial score (nSPS) is 21.6. The predicted molar refractivity (Wildman–Crippen MR) is 69.6 cm³/mol. The summed E-state index contributed by atoms with van der Waals surface area (Å²) in [6, 6.07) is 0.695. The zero-order valence-corrected chi connectivity index (χ0v) is 11.5. The largest absolute Gasteiger partial charge is 0.381 e. The number of hydrogen-bond acceptors (Lipinski definition) is 2. The lowest BCUT2D eigenvalue weighted by molar-refractivity contribution is 0.183. The summed E-state index contributed by atoms with van der Waals surface area (Å²) in [5, 5.41) is 3.74. The van der Waals surface area contributed by atoms with E-state index in [1.54, 1.807) is 0 Å². The third-order valence-corrected chi connectivity index (χ3v) is 3.23. The fourth-order valence-electron chi connectivity index (χ4n) is 2.48. The molecular weight excluding hydrogens is 198 g/mol. The van der Waals surface area contributed by atoms with Crippen LogP contribution in [-0.2, 0) is 4.74 Å². The molecule has 1 aliphatic heterocycles. The van der Waals surface area contributed by atoms with Crippen molar-refractivity contribution >= 4 is 0 Å². The second kappa shape index (κ2) is 7.29. The maximum atomic E-state index is 5.41. The molecule has 2 heteroatoms. The lowest BCUT2D eigenvalue weighted by Crippen LogP contribution is -2.35. The van der Waals surface area contributed by atoms with E-state index in [0.29, 0.717) is 6.04 Å². The highest BCUT2D eigenvalue weighted by atomic mass is 16.5. The lowest BCUT2D eigenvalue weighted by atomic mass is 9.95. The molecule has 1 N–H and O–H groups in total. The van der Waals surface area contributed by atoms with Gasteiger partial charge in [0.05, 0.1) is 6.61 Å². The number of ether oxygens (including phenoxy) is 1. The molecule has 0 aromatic carbocycles. The Morgan fingerprint density at radius 3 is 2.19 bits per heavy atom. The molecule has 1 aliphatic rings. The maximum absolute atomic E-state index is 5.41. The van der Waals surface area contributed by atoms with Gasteiger partial charge in [0.1, 0.15) is 0 Å². The lowest BCUT2D eigenvalue weighted by Gasteiger charge is -2.23. The van der Waals surface area contributed by atoms with Crippen LogP contribution in [0.1, 0.15) is 47.0 Å². The van der Waals surface area contributed by atoms with Crippen molar-refractivity contribution in [2.45, 2.75) is 53.0 Å². The van der Waals surface area contributed by atoms with E-state index in [-0.39, 0.29) is 0 Å². The highest BCUT2D eigenvalue weighted by molar-refractivity contribution is 4.74. The van der Waals surface area contributed by atoms with Gasteiger partial charge in [-0.2, -0.15) is 0 Å². The molecule has 1 unspecified atom stereocenters. The van der Waals surface area contributed by atoms with Crippen molar-refractivity contribution in [2.24, 2.45) is 17.8 Å². The summed E-state index contributed by atoms with van der Waals surface area (Å²) in [4.78, 5) is 0. The van der Waals surface area contributed by atoms with Gasteiger partial charge in [-0.1, -0.05) is 27.7 Å². The third-order valence-electron chi connectivity index (χ3n) is 3.23. The molecular formula is C14H29NO. The highest BCUT2D eigenvalue weighted by Gasteiger charge is 2.18. The molecule has 2 nitrogen and oxygen atoms in total. The van der Waals surface area contributed by atoms with Gasteiger partial charge >= 0.3 is 0 Å². The van der Waals surface area contributed by atoms with Crippen LogP contribution >= 0.6 is 0 Å². The van der Waals surface area contributed by atoms with Gasteiger partial charge in [-0.25, -0.2) is 0 Å². The Hall–Kier alpha value is -0.0800. The van der Waals surface area contributed by atoms with E-state index in [1.807, 2.05) is 0 Å². The Morgan fingerprint density at radius 2 is 1.75 bits per heavy atom. The standard InChI is InChI=1S/C14H29NO/c1-11(2)7-14(8-12(3)4)15-9-13-5-6-16-10-13/h11-15H,5-10H2,1-4H3. The Morgan fingerprint density at radius 1 is 1.12 bits per heavy atom. The van der Waals surface area contributed by atoms with Gasteiger partial charge in [0.25, 0.3) is 0 Å². The quantitative estimate of drug-likeness (QED) is 0.721. The van der Waals surface area contributed by atoms with E-state index in [1.165, 1.54) is 19.3 Å². The molecule has 0 amide bonds.